The number of hydrogen-bond donors (Lipinski definition) is 3. The number of pyridine rings is 1. The first-order chi connectivity index (χ1) is 8.33. The number of anilines is 2. The molecule has 0 aliphatic rings. The van der Waals surface area contributed by atoms with Crippen molar-refractivity contribution in [3.8, 4) is 0 Å². The molecule has 1 unspecified atom stereocenters. The Bertz CT molecular complexity index is 457. The monoisotopic (exact) mass is 249 g/mol. The van der Waals surface area contributed by atoms with Gasteiger partial charge in [0.1, 0.15) is 10.8 Å². The molecule has 0 saturated carbocycles. The largest absolute Gasteiger partial charge is 0.376 e. The molecule has 0 amide bonds. The fraction of sp³-hybridized carbons (Fsp3) is 0.273. The Kier molecular flexibility index (Phi) is 3.89. The maximum atomic E-state index is 5.33. The Morgan fingerprint density at radius 3 is 2.94 bits per heavy atom. The summed E-state index contributed by atoms with van der Waals surface area (Å²) >= 11 is 1.66. The summed E-state index contributed by atoms with van der Waals surface area (Å²) in [5.74, 6) is 5.97. The Balaban J connectivity index is 2.13. The molecule has 17 heavy (non-hydrogen) atoms. The van der Waals surface area contributed by atoms with Gasteiger partial charge in [-0.3, -0.25) is 0 Å². The van der Waals surface area contributed by atoms with Crippen LogP contribution in [0.4, 0.5) is 11.5 Å². The molecule has 0 bridgehead atoms. The van der Waals surface area contributed by atoms with E-state index < -0.39 is 0 Å². The van der Waals surface area contributed by atoms with E-state index in [2.05, 4.69) is 27.6 Å². The highest BCUT2D eigenvalue weighted by atomic mass is 32.1. The molecule has 2 heterocycles. The van der Waals surface area contributed by atoms with Gasteiger partial charge in [-0.25, -0.2) is 15.8 Å². The summed E-state index contributed by atoms with van der Waals surface area (Å²) in [5, 5.41) is 6.49. The van der Waals surface area contributed by atoms with E-state index in [1.54, 1.807) is 17.5 Å². The summed E-state index contributed by atoms with van der Waals surface area (Å²) in [6.45, 7) is 2.13. The van der Waals surface area contributed by atoms with Crippen molar-refractivity contribution in [3.63, 3.8) is 0 Å². The van der Waals surface area contributed by atoms with Crippen LogP contribution in [0.15, 0.2) is 29.9 Å². The summed E-state index contributed by atoms with van der Waals surface area (Å²) in [6.07, 6.45) is 4.51. The average molecular weight is 249 g/mol. The second-order valence-corrected chi connectivity index (χ2v) is 4.48. The minimum atomic E-state index is 0.225. The van der Waals surface area contributed by atoms with Crippen molar-refractivity contribution in [1.29, 1.82) is 0 Å². The van der Waals surface area contributed by atoms with Crippen molar-refractivity contribution in [3.05, 3.63) is 34.9 Å². The summed E-state index contributed by atoms with van der Waals surface area (Å²) in [5.41, 5.74) is 3.51. The zero-order valence-electron chi connectivity index (χ0n) is 9.55. The van der Waals surface area contributed by atoms with Crippen molar-refractivity contribution in [2.75, 3.05) is 10.7 Å². The van der Waals surface area contributed by atoms with Crippen LogP contribution in [0.2, 0.25) is 0 Å². The predicted octanol–water partition coefficient (Wildman–Crippen LogP) is 2.39. The summed E-state index contributed by atoms with van der Waals surface area (Å²) in [7, 11) is 0. The standard InChI is InChI=1S/C11H15N5S/c1-2-9(11-14-5-6-17-11)15-8-3-4-13-10(7-8)16-12/h3-7,9H,2,12H2,1H3,(H2,13,15,16). The number of thiazole rings is 1. The van der Waals surface area contributed by atoms with Crippen LogP contribution in [0.1, 0.15) is 24.4 Å². The van der Waals surface area contributed by atoms with Crippen LogP contribution in [0.25, 0.3) is 0 Å². The molecule has 5 nitrogen and oxygen atoms in total. The van der Waals surface area contributed by atoms with E-state index in [4.69, 9.17) is 5.84 Å². The van der Waals surface area contributed by atoms with Crippen LogP contribution in [0.3, 0.4) is 0 Å². The van der Waals surface area contributed by atoms with Gasteiger partial charge in [-0.05, 0) is 12.5 Å². The van der Waals surface area contributed by atoms with Gasteiger partial charge in [-0.15, -0.1) is 11.3 Å². The van der Waals surface area contributed by atoms with Crippen LogP contribution in [-0.2, 0) is 0 Å². The Hall–Kier alpha value is -1.66. The number of hydrogen-bond acceptors (Lipinski definition) is 6. The molecule has 2 rings (SSSR count). The number of nitrogen functional groups attached to an aromatic ring is 1. The van der Waals surface area contributed by atoms with E-state index in [0.29, 0.717) is 5.82 Å². The first-order valence-corrected chi connectivity index (χ1v) is 6.30. The third kappa shape index (κ3) is 2.92. The van der Waals surface area contributed by atoms with Crippen LogP contribution in [-0.4, -0.2) is 9.97 Å². The zero-order valence-corrected chi connectivity index (χ0v) is 10.4. The normalized spacial score (nSPS) is 12.1. The van der Waals surface area contributed by atoms with Crippen molar-refractivity contribution >= 4 is 22.8 Å². The quantitative estimate of drug-likeness (QED) is 0.560. The molecule has 0 radical (unpaired) electrons. The van der Waals surface area contributed by atoms with Crippen molar-refractivity contribution in [1.82, 2.24) is 9.97 Å². The van der Waals surface area contributed by atoms with Gasteiger partial charge in [-0.1, -0.05) is 6.92 Å². The lowest BCUT2D eigenvalue weighted by Crippen LogP contribution is -2.11. The van der Waals surface area contributed by atoms with Crippen molar-refractivity contribution < 1.29 is 0 Å². The Morgan fingerprint density at radius 1 is 1.41 bits per heavy atom. The summed E-state index contributed by atoms with van der Waals surface area (Å²) in [6, 6.07) is 4.01. The van der Waals surface area contributed by atoms with Gasteiger partial charge in [0, 0.05) is 29.5 Å². The van der Waals surface area contributed by atoms with Gasteiger partial charge in [0.05, 0.1) is 6.04 Å². The number of nitrogens with two attached hydrogens (primary N) is 1. The molecule has 1 atom stereocenters. The number of hydrazine groups is 1. The fourth-order valence-corrected chi connectivity index (χ4v) is 2.32. The molecule has 0 fully saturated rings. The lowest BCUT2D eigenvalue weighted by Gasteiger charge is -2.16. The molecule has 0 spiro atoms. The number of rotatable bonds is 5. The molecule has 90 valence electrons. The molecule has 0 aliphatic carbocycles. The third-order valence-electron chi connectivity index (χ3n) is 2.41. The fourth-order valence-electron chi connectivity index (χ4n) is 1.55. The van der Waals surface area contributed by atoms with Gasteiger partial charge in [0.15, 0.2) is 0 Å². The molecule has 0 aromatic carbocycles. The van der Waals surface area contributed by atoms with Crippen molar-refractivity contribution in [2.24, 2.45) is 5.84 Å². The van der Waals surface area contributed by atoms with Gasteiger partial charge < -0.3 is 10.7 Å². The van der Waals surface area contributed by atoms with E-state index in [0.717, 1.165) is 17.1 Å². The second kappa shape index (κ2) is 5.60. The summed E-state index contributed by atoms with van der Waals surface area (Å²) in [4.78, 5) is 8.39. The second-order valence-electron chi connectivity index (χ2n) is 3.55. The molecule has 0 saturated heterocycles. The lowest BCUT2D eigenvalue weighted by molar-refractivity contribution is 0.742. The van der Waals surface area contributed by atoms with E-state index in [9.17, 15) is 0 Å². The Labute approximate surface area is 104 Å². The highest BCUT2D eigenvalue weighted by molar-refractivity contribution is 7.09. The van der Waals surface area contributed by atoms with E-state index in [1.807, 2.05) is 23.7 Å². The molecule has 2 aromatic rings. The third-order valence-corrected chi connectivity index (χ3v) is 3.30. The van der Waals surface area contributed by atoms with Crippen molar-refractivity contribution in [2.45, 2.75) is 19.4 Å². The number of nitrogens with one attached hydrogen (secondary N) is 2. The number of aromatic nitrogens is 2. The number of nitrogens with zero attached hydrogens (tertiary/aromatic N) is 2. The predicted molar refractivity (Wildman–Crippen MR) is 70.8 cm³/mol. The minimum absolute atomic E-state index is 0.225. The van der Waals surface area contributed by atoms with E-state index >= 15 is 0 Å². The topological polar surface area (TPSA) is 75.9 Å². The first kappa shape index (κ1) is 11.8. The van der Waals surface area contributed by atoms with E-state index in [-0.39, 0.29) is 6.04 Å². The maximum absolute atomic E-state index is 5.33. The zero-order chi connectivity index (χ0) is 12.1. The lowest BCUT2D eigenvalue weighted by atomic mass is 10.2. The van der Waals surface area contributed by atoms with Crippen LogP contribution < -0.4 is 16.6 Å². The molecule has 4 N–H and O–H groups in total. The summed E-state index contributed by atoms with van der Waals surface area (Å²) < 4.78 is 0. The van der Waals surface area contributed by atoms with Gasteiger partial charge in [0.2, 0.25) is 0 Å². The smallest absolute Gasteiger partial charge is 0.141 e. The molecule has 0 aliphatic heterocycles. The molecular weight excluding hydrogens is 234 g/mol. The SMILES string of the molecule is CCC(Nc1ccnc(NN)c1)c1nccs1. The molecule has 2 aromatic heterocycles. The molecule has 6 heteroatoms. The first-order valence-electron chi connectivity index (χ1n) is 5.42. The maximum Gasteiger partial charge on any atom is 0.141 e. The minimum Gasteiger partial charge on any atom is -0.376 e. The average Bonchev–Trinajstić information content (AvgIpc) is 2.90. The Morgan fingerprint density at radius 2 is 2.29 bits per heavy atom. The van der Waals surface area contributed by atoms with Gasteiger partial charge in [-0.2, -0.15) is 0 Å². The van der Waals surface area contributed by atoms with E-state index in [1.165, 1.54) is 0 Å². The van der Waals surface area contributed by atoms with Gasteiger partial charge in [0.25, 0.3) is 0 Å². The molecular formula is C11H15N5S. The van der Waals surface area contributed by atoms with Gasteiger partial charge >= 0.3 is 0 Å². The van der Waals surface area contributed by atoms with Crippen LogP contribution in [0.5, 0.6) is 0 Å². The van der Waals surface area contributed by atoms with Crippen LogP contribution >= 0.6 is 11.3 Å². The highest BCUT2D eigenvalue weighted by Crippen LogP contribution is 2.24. The van der Waals surface area contributed by atoms with Crippen LogP contribution in [0, 0.1) is 0 Å². The highest BCUT2D eigenvalue weighted by Gasteiger charge is 2.11.